The van der Waals surface area contributed by atoms with Crippen LogP contribution in [0, 0.1) is 6.92 Å². The van der Waals surface area contributed by atoms with Gasteiger partial charge in [-0.25, -0.2) is 14.4 Å². The number of ether oxygens (including phenoxy) is 1. The van der Waals surface area contributed by atoms with Crippen LogP contribution in [-0.4, -0.2) is 59.7 Å². The summed E-state index contributed by atoms with van der Waals surface area (Å²) in [5.41, 5.74) is -0.263. The molecule has 6 nitrogen and oxygen atoms in total. The predicted molar refractivity (Wildman–Crippen MR) is 75.8 cm³/mol. The Morgan fingerprint density at radius 1 is 1.43 bits per heavy atom. The van der Waals surface area contributed by atoms with Crippen molar-refractivity contribution in [1.29, 1.82) is 0 Å². The van der Waals surface area contributed by atoms with Crippen LogP contribution in [0.2, 0.25) is 0 Å². The molecule has 1 aliphatic rings. The number of hydrogen-bond acceptors (Lipinski definition) is 5. The first kappa shape index (κ1) is 15.6. The van der Waals surface area contributed by atoms with E-state index in [1.165, 1.54) is 0 Å². The normalized spacial score (nSPS) is 17.5. The Labute approximate surface area is 123 Å². The summed E-state index contributed by atoms with van der Waals surface area (Å²) in [6.45, 7) is 4.06. The van der Waals surface area contributed by atoms with Crippen LogP contribution in [0.3, 0.4) is 0 Å². The van der Waals surface area contributed by atoms with E-state index in [0.29, 0.717) is 45.1 Å². The average molecular weight is 296 g/mol. The number of aryl methyl sites for hydroxylation is 1. The molecule has 0 saturated carbocycles. The molecule has 21 heavy (non-hydrogen) atoms. The molecule has 2 heterocycles. The molecule has 1 fully saturated rings. The number of amides is 1. The Kier molecular flexibility index (Phi) is 5.44. The molecular formula is C14H21FN4O2. The Balaban J connectivity index is 1.61. The van der Waals surface area contributed by atoms with Crippen molar-refractivity contribution in [3.05, 3.63) is 18.0 Å². The third-order valence-electron chi connectivity index (χ3n) is 3.55. The summed E-state index contributed by atoms with van der Waals surface area (Å²) in [5, 5.41) is 3.05. The molecule has 1 amide bonds. The summed E-state index contributed by atoms with van der Waals surface area (Å²) in [7, 11) is 0. The van der Waals surface area contributed by atoms with Crippen LogP contribution in [0.25, 0.3) is 0 Å². The number of hydrogen-bond donors (Lipinski definition) is 1. The minimum absolute atomic E-state index is 0.276. The Hall–Kier alpha value is -1.76. The van der Waals surface area contributed by atoms with E-state index in [4.69, 9.17) is 4.74 Å². The van der Waals surface area contributed by atoms with Crippen molar-refractivity contribution >= 4 is 6.41 Å². The van der Waals surface area contributed by atoms with Gasteiger partial charge in [0.25, 0.3) is 0 Å². The van der Waals surface area contributed by atoms with Crippen LogP contribution in [0.5, 0.6) is 6.01 Å². The highest BCUT2D eigenvalue weighted by molar-refractivity contribution is 5.47. The van der Waals surface area contributed by atoms with Crippen molar-refractivity contribution < 1.29 is 13.9 Å². The van der Waals surface area contributed by atoms with Crippen LogP contribution in [0.4, 0.5) is 4.39 Å². The molecule has 0 bridgehead atoms. The lowest BCUT2D eigenvalue weighted by Crippen LogP contribution is -2.47. The van der Waals surface area contributed by atoms with Gasteiger partial charge in [-0.3, -0.25) is 4.79 Å². The standard InChI is InChI=1S/C14H21FN4O2/c1-12-8-17-13(18-9-12)21-7-4-16-10-14(15)2-5-19(11-20)6-3-14/h8-9,11,16H,2-7,10H2,1H3. The Bertz CT molecular complexity index is 447. The molecular weight excluding hydrogens is 275 g/mol. The number of rotatable bonds is 7. The number of aromatic nitrogens is 2. The quantitative estimate of drug-likeness (QED) is 0.593. The summed E-state index contributed by atoms with van der Waals surface area (Å²) in [6, 6.07) is 0.330. The largest absolute Gasteiger partial charge is 0.462 e. The SMILES string of the molecule is Cc1cnc(OCCNCC2(F)CCN(C=O)CC2)nc1. The van der Waals surface area contributed by atoms with Crippen molar-refractivity contribution in [2.45, 2.75) is 25.4 Å². The maximum Gasteiger partial charge on any atom is 0.316 e. The van der Waals surface area contributed by atoms with Crippen molar-refractivity contribution in [2.75, 3.05) is 32.8 Å². The number of nitrogens with zero attached hydrogens (tertiary/aromatic N) is 3. The molecule has 0 aliphatic carbocycles. The van der Waals surface area contributed by atoms with E-state index >= 15 is 0 Å². The van der Waals surface area contributed by atoms with Gasteiger partial charge in [0.05, 0.1) is 0 Å². The van der Waals surface area contributed by atoms with Crippen molar-refractivity contribution in [1.82, 2.24) is 20.2 Å². The maximum absolute atomic E-state index is 14.4. The highest BCUT2D eigenvalue weighted by Crippen LogP contribution is 2.24. The monoisotopic (exact) mass is 296 g/mol. The second-order valence-electron chi connectivity index (χ2n) is 5.36. The molecule has 0 unspecified atom stereocenters. The van der Waals surface area contributed by atoms with Crippen molar-refractivity contribution in [3.8, 4) is 6.01 Å². The van der Waals surface area contributed by atoms with Crippen molar-refractivity contribution in [2.24, 2.45) is 0 Å². The Morgan fingerprint density at radius 2 is 2.10 bits per heavy atom. The zero-order valence-corrected chi connectivity index (χ0v) is 12.2. The fourth-order valence-electron chi connectivity index (χ4n) is 2.19. The molecule has 1 aromatic heterocycles. The molecule has 0 radical (unpaired) electrons. The van der Waals surface area contributed by atoms with Crippen LogP contribution in [0.1, 0.15) is 18.4 Å². The number of piperidine rings is 1. The van der Waals surface area contributed by atoms with Crippen molar-refractivity contribution in [3.63, 3.8) is 0 Å². The topological polar surface area (TPSA) is 67.3 Å². The third kappa shape index (κ3) is 4.93. The van der Waals surface area contributed by atoms with Gasteiger partial charge in [-0.15, -0.1) is 0 Å². The van der Waals surface area contributed by atoms with Gasteiger partial charge in [-0.1, -0.05) is 0 Å². The molecule has 1 aliphatic heterocycles. The van der Waals surface area contributed by atoms with Gasteiger partial charge in [0.1, 0.15) is 12.3 Å². The van der Waals surface area contributed by atoms with E-state index in [1.54, 1.807) is 17.3 Å². The van der Waals surface area contributed by atoms with E-state index in [-0.39, 0.29) is 6.54 Å². The molecule has 116 valence electrons. The first-order valence-electron chi connectivity index (χ1n) is 7.12. The molecule has 0 atom stereocenters. The second-order valence-corrected chi connectivity index (χ2v) is 5.36. The number of carbonyl (C=O) groups excluding carboxylic acids is 1. The van der Waals surface area contributed by atoms with Gasteiger partial charge < -0.3 is 15.0 Å². The molecule has 1 N–H and O–H groups in total. The zero-order valence-electron chi connectivity index (χ0n) is 12.2. The minimum atomic E-state index is -1.24. The number of carbonyl (C=O) groups is 1. The number of likely N-dealkylation sites (tertiary alicyclic amines) is 1. The van der Waals surface area contributed by atoms with E-state index in [2.05, 4.69) is 15.3 Å². The zero-order chi connectivity index (χ0) is 15.1. The molecule has 1 aromatic rings. The number of nitrogens with one attached hydrogen (secondary N) is 1. The van der Waals surface area contributed by atoms with Crippen LogP contribution >= 0.6 is 0 Å². The first-order chi connectivity index (χ1) is 10.1. The fraction of sp³-hybridized carbons (Fsp3) is 0.643. The number of halogens is 1. The van der Waals surface area contributed by atoms with Gasteiger partial charge in [-0.2, -0.15) is 0 Å². The highest BCUT2D eigenvalue weighted by Gasteiger charge is 2.33. The second kappa shape index (κ2) is 7.31. The lowest BCUT2D eigenvalue weighted by atomic mass is 9.93. The summed E-state index contributed by atoms with van der Waals surface area (Å²) in [4.78, 5) is 20.2. The van der Waals surface area contributed by atoms with Gasteiger partial charge in [0.2, 0.25) is 6.41 Å². The van der Waals surface area contributed by atoms with Crippen LogP contribution in [-0.2, 0) is 4.79 Å². The van der Waals surface area contributed by atoms with Gasteiger partial charge in [0, 0.05) is 51.4 Å². The molecule has 7 heteroatoms. The summed E-state index contributed by atoms with van der Waals surface area (Å²) < 4.78 is 19.8. The highest BCUT2D eigenvalue weighted by atomic mass is 19.1. The smallest absolute Gasteiger partial charge is 0.316 e. The first-order valence-corrected chi connectivity index (χ1v) is 7.12. The minimum Gasteiger partial charge on any atom is -0.462 e. The number of alkyl halides is 1. The summed E-state index contributed by atoms with van der Waals surface area (Å²) >= 11 is 0. The summed E-state index contributed by atoms with van der Waals surface area (Å²) in [6.07, 6.45) is 4.91. The lowest BCUT2D eigenvalue weighted by molar-refractivity contribution is -0.120. The maximum atomic E-state index is 14.4. The fourth-order valence-corrected chi connectivity index (χ4v) is 2.19. The van der Waals surface area contributed by atoms with E-state index in [0.717, 1.165) is 12.0 Å². The third-order valence-corrected chi connectivity index (χ3v) is 3.55. The van der Waals surface area contributed by atoms with E-state index < -0.39 is 5.67 Å². The van der Waals surface area contributed by atoms with E-state index in [1.807, 2.05) is 6.92 Å². The lowest BCUT2D eigenvalue weighted by Gasteiger charge is -2.34. The summed E-state index contributed by atoms with van der Waals surface area (Å²) in [5.74, 6) is 0. The molecule has 0 spiro atoms. The van der Waals surface area contributed by atoms with Gasteiger partial charge >= 0.3 is 6.01 Å². The van der Waals surface area contributed by atoms with Gasteiger partial charge in [0.15, 0.2) is 0 Å². The average Bonchev–Trinajstić information content (AvgIpc) is 2.50. The van der Waals surface area contributed by atoms with Crippen LogP contribution in [0.15, 0.2) is 12.4 Å². The van der Waals surface area contributed by atoms with Gasteiger partial charge in [-0.05, 0) is 12.5 Å². The Morgan fingerprint density at radius 3 is 2.71 bits per heavy atom. The predicted octanol–water partition coefficient (Wildman–Crippen LogP) is 0.714. The van der Waals surface area contributed by atoms with Crippen LogP contribution < -0.4 is 10.1 Å². The molecule has 0 aromatic carbocycles. The molecule has 2 rings (SSSR count). The van der Waals surface area contributed by atoms with E-state index in [9.17, 15) is 9.18 Å². The molecule has 1 saturated heterocycles.